The van der Waals surface area contributed by atoms with Gasteiger partial charge in [-0.05, 0) is 56.5 Å². The average molecular weight is 411 g/mol. The minimum Gasteiger partial charge on any atom is -0.497 e. The number of hydrogen-bond acceptors (Lipinski definition) is 5. The highest BCUT2D eigenvalue weighted by Gasteiger charge is 2.14. The molecule has 7 heteroatoms. The molecule has 29 heavy (non-hydrogen) atoms. The van der Waals surface area contributed by atoms with Gasteiger partial charge in [-0.1, -0.05) is 42.1 Å². The molecule has 0 aliphatic rings. The summed E-state index contributed by atoms with van der Waals surface area (Å²) in [4.78, 5) is 12.4. The van der Waals surface area contributed by atoms with E-state index in [0.717, 1.165) is 30.1 Å². The largest absolute Gasteiger partial charge is 0.497 e. The second kappa shape index (κ2) is 10.1. The molecule has 1 heterocycles. The Morgan fingerprint density at radius 3 is 2.55 bits per heavy atom. The molecule has 3 aromatic rings. The van der Waals surface area contributed by atoms with Crippen molar-refractivity contribution in [1.82, 2.24) is 20.1 Å². The second-order valence-corrected chi connectivity index (χ2v) is 7.79. The molecule has 1 N–H and O–H groups in total. The van der Waals surface area contributed by atoms with Gasteiger partial charge in [0.1, 0.15) is 11.6 Å². The predicted octanol–water partition coefficient (Wildman–Crippen LogP) is 3.81. The number of thioether (sulfide) groups is 1. The van der Waals surface area contributed by atoms with Crippen molar-refractivity contribution in [3.63, 3.8) is 0 Å². The van der Waals surface area contributed by atoms with Gasteiger partial charge in [-0.25, -0.2) is 0 Å². The topological polar surface area (TPSA) is 69.0 Å². The van der Waals surface area contributed by atoms with E-state index < -0.39 is 0 Å². The molecule has 1 atom stereocenters. The molecule has 0 radical (unpaired) electrons. The van der Waals surface area contributed by atoms with Crippen LogP contribution in [0.3, 0.4) is 0 Å². The summed E-state index contributed by atoms with van der Waals surface area (Å²) in [5, 5.41) is 12.2. The first kappa shape index (κ1) is 20.9. The molecule has 1 unspecified atom stereocenters. The van der Waals surface area contributed by atoms with Crippen molar-refractivity contribution in [3.05, 3.63) is 66.0 Å². The fourth-order valence-electron chi connectivity index (χ4n) is 3.01. The molecular formula is C22H26N4O2S. The zero-order chi connectivity index (χ0) is 20.6. The number of aryl methyl sites for hydroxylation is 2. The highest BCUT2D eigenvalue weighted by molar-refractivity contribution is 7.99. The highest BCUT2D eigenvalue weighted by atomic mass is 32.2. The molecule has 152 valence electrons. The van der Waals surface area contributed by atoms with Crippen molar-refractivity contribution in [2.75, 3.05) is 12.9 Å². The number of methoxy groups -OCH3 is 1. The number of nitrogens with one attached hydrogen (secondary N) is 1. The average Bonchev–Trinajstić information content (AvgIpc) is 3.12. The lowest BCUT2D eigenvalue weighted by molar-refractivity contribution is -0.119. The van der Waals surface area contributed by atoms with E-state index in [-0.39, 0.29) is 11.9 Å². The van der Waals surface area contributed by atoms with Gasteiger partial charge in [0.15, 0.2) is 5.16 Å². The zero-order valence-electron chi connectivity index (χ0n) is 17.0. The summed E-state index contributed by atoms with van der Waals surface area (Å²) < 4.78 is 7.15. The van der Waals surface area contributed by atoms with Crippen molar-refractivity contribution < 1.29 is 9.53 Å². The maximum Gasteiger partial charge on any atom is 0.230 e. The Morgan fingerprint density at radius 1 is 1.14 bits per heavy atom. The standard InChI is InChI=1S/C22H26N4O2S/c1-16(9-10-18-7-5-4-6-8-18)23-21(27)15-29-22-25-24-17(2)26(22)19-11-13-20(28-3)14-12-19/h4-8,11-14,16H,9-10,15H2,1-3H3,(H,23,27). The first-order chi connectivity index (χ1) is 14.1. The van der Waals surface area contributed by atoms with Gasteiger partial charge in [0.2, 0.25) is 5.91 Å². The smallest absolute Gasteiger partial charge is 0.230 e. The van der Waals surface area contributed by atoms with Gasteiger partial charge in [-0.3, -0.25) is 9.36 Å². The van der Waals surface area contributed by atoms with Crippen LogP contribution in [-0.4, -0.2) is 39.6 Å². The summed E-state index contributed by atoms with van der Waals surface area (Å²) in [7, 11) is 1.64. The molecule has 0 bridgehead atoms. The van der Waals surface area contributed by atoms with Crippen LogP contribution in [0.25, 0.3) is 5.69 Å². The molecule has 1 aromatic heterocycles. The Morgan fingerprint density at radius 2 is 1.86 bits per heavy atom. The van der Waals surface area contributed by atoms with Crippen LogP contribution in [-0.2, 0) is 11.2 Å². The molecule has 0 fully saturated rings. The van der Waals surface area contributed by atoms with Gasteiger partial charge in [-0.15, -0.1) is 10.2 Å². The van der Waals surface area contributed by atoms with E-state index in [1.807, 2.05) is 60.9 Å². The zero-order valence-corrected chi connectivity index (χ0v) is 17.8. The van der Waals surface area contributed by atoms with Crippen molar-refractivity contribution >= 4 is 17.7 Å². The first-order valence-electron chi connectivity index (χ1n) is 9.59. The summed E-state index contributed by atoms with van der Waals surface area (Å²) in [6.45, 7) is 3.93. The summed E-state index contributed by atoms with van der Waals surface area (Å²) >= 11 is 1.38. The molecule has 1 amide bonds. The van der Waals surface area contributed by atoms with E-state index in [2.05, 4.69) is 27.6 Å². The van der Waals surface area contributed by atoms with Crippen LogP contribution in [0.1, 0.15) is 24.7 Å². The second-order valence-electron chi connectivity index (χ2n) is 6.84. The number of carbonyl (C=O) groups excluding carboxylic acids is 1. The minimum atomic E-state index is -0.00232. The van der Waals surface area contributed by atoms with E-state index in [1.165, 1.54) is 17.3 Å². The molecule has 0 aliphatic carbocycles. The van der Waals surface area contributed by atoms with Crippen molar-refractivity contribution in [3.8, 4) is 11.4 Å². The van der Waals surface area contributed by atoms with E-state index in [0.29, 0.717) is 10.9 Å². The number of amides is 1. The third kappa shape index (κ3) is 5.84. The Kier molecular flexibility index (Phi) is 7.30. The number of rotatable bonds is 9. The number of hydrogen-bond donors (Lipinski definition) is 1. The van der Waals surface area contributed by atoms with Crippen LogP contribution in [0.15, 0.2) is 59.8 Å². The van der Waals surface area contributed by atoms with Crippen molar-refractivity contribution in [1.29, 1.82) is 0 Å². The normalized spacial score (nSPS) is 11.8. The summed E-state index contributed by atoms with van der Waals surface area (Å²) in [6, 6.07) is 18.1. The number of carbonyl (C=O) groups is 1. The van der Waals surface area contributed by atoms with E-state index in [4.69, 9.17) is 4.74 Å². The van der Waals surface area contributed by atoms with Crippen LogP contribution in [0, 0.1) is 6.92 Å². The Bertz CT molecular complexity index is 926. The minimum absolute atomic E-state index is 0.00232. The Labute approximate surface area is 175 Å². The maximum absolute atomic E-state index is 12.4. The van der Waals surface area contributed by atoms with Gasteiger partial charge >= 0.3 is 0 Å². The number of aromatic nitrogens is 3. The van der Waals surface area contributed by atoms with E-state index in [9.17, 15) is 4.79 Å². The number of nitrogens with zero attached hydrogens (tertiary/aromatic N) is 3. The molecule has 0 spiro atoms. The highest BCUT2D eigenvalue weighted by Crippen LogP contribution is 2.23. The lowest BCUT2D eigenvalue weighted by Crippen LogP contribution is -2.34. The molecular weight excluding hydrogens is 384 g/mol. The van der Waals surface area contributed by atoms with Crippen LogP contribution in [0.5, 0.6) is 5.75 Å². The van der Waals surface area contributed by atoms with Gasteiger partial charge in [0.25, 0.3) is 0 Å². The summed E-state index contributed by atoms with van der Waals surface area (Å²) in [6.07, 6.45) is 1.85. The third-order valence-corrected chi connectivity index (χ3v) is 5.50. The molecule has 3 rings (SSSR count). The number of ether oxygens (including phenoxy) is 1. The third-order valence-electron chi connectivity index (χ3n) is 4.57. The van der Waals surface area contributed by atoms with Crippen LogP contribution in [0.4, 0.5) is 0 Å². The quantitative estimate of drug-likeness (QED) is 0.543. The Balaban J connectivity index is 1.53. The predicted molar refractivity (Wildman–Crippen MR) is 116 cm³/mol. The number of benzene rings is 2. The summed E-state index contributed by atoms with van der Waals surface area (Å²) in [5.74, 6) is 1.86. The lowest BCUT2D eigenvalue weighted by atomic mass is 10.1. The monoisotopic (exact) mass is 410 g/mol. The SMILES string of the molecule is COc1ccc(-n2c(C)nnc2SCC(=O)NC(C)CCc2ccccc2)cc1. The maximum atomic E-state index is 12.4. The molecule has 0 saturated heterocycles. The van der Waals surface area contributed by atoms with Gasteiger partial charge < -0.3 is 10.1 Å². The van der Waals surface area contributed by atoms with Crippen molar-refractivity contribution in [2.45, 2.75) is 37.9 Å². The fourth-order valence-corrected chi connectivity index (χ4v) is 3.82. The van der Waals surface area contributed by atoms with E-state index >= 15 is 0 Å². The van der Waals surface area contributed by atoms with Gasteiger partial charge in [0.05, 0.1) is 12.9 Å². The van der Waals surface area contributed by atoms with Crippen LogP contribution in [0.2, 0.25) is 0 Å². The molecule has 0 saturated carbocycles. The van der Waals surface area contributed by atoms with Gasteiger partial charge in [-0.2, -0.15) is 0 Å². The Hall–Kier alpha value is -2.80. The first-order valence-corrected chi connectivity index (χ1v) is 10.6. The van der Waals surface area contributed by atoms with Crippen LogP contribution < -0.4 is 10.1 Å². The van der Waals surface area contributed by atoms with E-state index in [1.54, 1.807) is 7.11 Å². The van der Waals surface area contributed by atoms with Crippen molar-refractivity contribution in [2.24, 2.45) is 0 Å². The molecule has 0 aliphatic heterocycles. The lowest BCUT2D eigenvalue weighted by Gasteiger charge is -2.14. The molecule has 2 aromatic carbocycles. The molecule has 6 nitrogen and oxygen atoms in total. The summed E-state index contributed by atoms with van der Waals surface area (Å²) in [5.41, 5.74) is 2.22. The fraction of sp³-hybridized carbons (Fsp3) is 0.318. The van der Waals surface area contributed by atoms with Crippen LogP contribution >= 0.6 is 11.8 Å². The van der Waals surface area contributed by atoms with Gasteiger partial charge in [0, 0.05) is 11.7 Å².